The second-order valence-corrected chi connectivity index (χ2v) is 10.2. The Labute approximate surface area is 221 Å². The summed E-state index contributed by atoms with van der Waals surface area (Å²) in [6, 6.07) is 9.04. The van der Waals surface area contributed by atoms with Gasteiger partial charge < -0.3 is 25.8 Å². The first-order valence-corrected chi connectivity index (χ1v) is 13.3. The van der Waals surface area contributed by atoms with Gasteiger partial charge in [0.05, 0.1) is 6.20 Å². The summed E-state index contributed by atoms with van der Waals surface area (Å²) >= 11 is 0. The highest BCUT2D eigenvalue weighted by molar-refractivity contribution is 5.53. The summed E-state index contributed by atoms with van der Waals surface area (Å²) in [5.41, 5.74) is 0.615. The fourth-order valence-corrected chi connectivity index (χ4v) is 5.35. The van der Waals surface area contributed by atoms with Crippen LogP contribution in [0.3, 0.4) is 0 Å². The molecule has 4 rings (SSSR count). The summed E-state index contributed by atoms with van der Waals surface area (Å²) in [6.45, 7) is 1.01. The lowest BCUT2D eigenvalue weighted by molar-refractivity contribution is -0.274. The molecule has 0 saturated heterocycles. The number of hydrogen-bond acceptors (Lipinski definition) is 8. The Balaban J connectivity index is 1.26. The van der Waals surface area contributed by atoms with Crippen LogP contribution in [0.5, 0.6) is 5.75 Å². The summed E-state index contributed by atoms with van der Waals surface area (Å²) in [5.74, 6) is 1.25. The lowest BCUT2D eigenvalue weighted by Gasteiger charge is -2.35. The van der Waals surface area contributed by atoms with Crippen LogP contribution >= 0.6 is 0 Å². The monoisotopic (exact) mass is 532 g/mol. The van der Waals surface area contributed by atoms with E-state index < -0.39 is 6.36 Å². The third-order valence-corrected chi connectivity index (χ3v) is 7.53. The molecule has 11 heteroatoms. The van der Waals surface area contributed by atoms with Gasteiger partial charge in [0, 0.05) is 37.3 Å². The van der Waals surface area contributed by atoms with E-state index in [1.807, 2.05) is 0 Å². The second kappa shape index (κ2) is 13.1. The maximum atomic E-state index is 12.7. The van der Waals surface area contributed by atoms with Crippen LogP contribution in [0, 0.1) is 23.2 Å². The highest BCUT2D eigenvalue weighted by Gasteiger charge is 2.32. The van der Waals surface area contributed by atoms with Gasteiger partial charge in [0.15, 0.2) is 0 Å². The smallest absolute Gasteiger partial charge is 0.405 e. The van der Waals surface area contributed by atoms with Crippen LogP contribution in [0.2, 0.25) is 0 Å². The van der Waals surface area contributed by atoms with Crippen molar-refractivity contribution < 1.29 is 23.0 Å². The van der Waals surface area contributed by atoms with Gasteiger partial charge in [-0.25, -0.2) is 4.98 Å². The first kappa shape index (κ1) is 27.9. The van der Waals surface area contributed by atoms with E-state index in [2.05, 4.69) is 36.7 Å². The van der Waals surface area contributed by atoms with Gasteiger partial charge in [-0.05, 0) is 69.3 Å². The normalized spacial score (nSPS) is 23.9. The van der Waals surface area contributed by atoms with Crippen molar-refractivity contribution in [1.29, 1.82) is 5.26 Å². The fourth-order valence-electron chi connectivity index (χ4n) is 5.35. The molecule has 2 fully saturated rings. The number of aromatic nitrogens is 2. The molecule has 0 bridgehead atoms. The summed E-state index contributed by atoms with van der Waals surface area (Å²) < 4.78 is 42.2. The highest BCUT2D eigenvalue weighted by atomic mass is 19.4. The average Bonchev–Trinajstić information content (AvgIpc) is 2.92. The predicted octanol–water partition coefficient (Wildman–Crippen LogP) is 4.97. The lowest BCUT2D eigenvalue weighted by Crippen LogP contribution is -2.43. The molecule has 0 unspecified atom stereocenters. The van der Waals surface area contributed by atoms with Crippen molar-refractivity contribution in [1.82, 2.24) is 15.3 Å². The Morgan fingerprint density at radius 2 is 1.63 bits per heavy atom. The molecule has 0 radical (unpaired) electrons. The van der Waals surface area contributed by atoms with Crippen LogP contribution in [0.1, 0.15) is 62.5 Å². The number of para-hydroxylation sites is 1. The first-order valence-electron chi connectivity index (χ1n) is 13.3. The van der Waals surface area contributed by atoms with Crippen molar-refractivity contribution in [2.24, 2.45) is 11.8 Å². The number of aliphatic hydroxyl groups excluding tert-OH is 1. The Morgan fingerprint density at radius 3 is 2.26 bits per heavy atom. The standard InChI is InChI=1S/C27H35F3N6O2/c28-27(29,30)38-24-4-2-1-3-20(24)15-33-26-34-16-21(13-31)25(36-26)32-14-18-5-9-22(10-6-18)35-23-11-7-19(17-37)8-12-23/h1-4,16,18-19,22-23,35,37H,5-12,14-15,17H2,(H2,32,33,34,36). The van der Waals surface area contributed by atoms with Crippen LogP contribution in [-0.4, -0.2) is 46.7 Å². The molecule has 0 amide bonds. The van der Waals surface area contributed by atoms with Crippen molar-refractivity contribution >= 4 is 11.8 Å². The molecule has 0 spiro atoms. The molecule has 206 valence electrons. The molecule has 2 saturated carbocycles. The number of nitriles is 1. The van der Waals surface area contributed by atoms with Gasteiger partial charge in [-0.1, -0.05) is 18.2 Å². The SMILES string of the molecule is N#Cc1cnc(NCc2ccccc2OC(F)(F)F)nc1NCC1CCC(NC2CCC(CO)CC2)CC1. The average molecular weight is 533 g/mol. The van der Waals surface area contributed by atoms with Gasteiger partial charge >= 0.3 is 6.36 Å². The third kappa shape index (κ3) is 8.20. The number of alkyl halides is 3. The van der Waals surface area contributed by atoms with Gasteiger partial charge in [0.2, 0.25) is 5.95 Å². The fraction of sp³-hybridized carbons (Fsp3) is 0.593. The number of aliphatic hydroxyl groups is 1. The van der Waals surface area contributed by atoms with E-state index in [4.69, 9.17) is 0 Å². The third-order valence-electron chi connectivity index (χ3n) is 7.53. The summed E-state index contributed by atoms with van der Waals surface area (Å²) in [5, 5.41) is 28.9. The van der Waals surface area contributed by atoms with E-state index in [-0.39, 0.29) is 18.2 Å². The minimum Gasteiger partial charge on any atom is -0.405 e. The van der Waals surface area contributed by atoms with E-state index in [9.17, 15) is 23.5 Å². The predicted molar refractivity (Wildman–Crippen MR) is 137 cm³/mol. The molecule has 8 nitrogen and oxygen atoms in total. The van der Waals surface area contributed by atoms with E-state index in [1.54, 1.807) is 6.07 Å². The Morgan fingerprint density at radius 1 is 0.974 bits per heavy atom. The molecule has 0 aliphatic heterocycles. The Hall–Kier alpha value is -3.10. The lowest BCUT2D eigenvalue weighted by atomic mass is 9.83. The van der Waals surface area contributed by atoms with Crippen molar-refractivity contribution in [3.63, 3.8) is 0 Å². The summed E-state index contributed by atoms with van der Waals surface area (Å²) in [7, 11) is 0. The number of ether oxygens (including phenoxy) is 1. The van der Waals surface area contributed by atoms with Crippen LogP contribution in [0.15, 0.2) is 30.5 Å². The number of rotatable bonds is 10. The van der Waals surface area contributed by atoms with Crippen molar-refractivity contribution in [3.05, 3.63) is 41.6 Å². The zero-order valence-corrected chi connectivity index (χ0v) is 21.3. The maximum Gasteiger partial charge on any atom is 0.573 e. The number of halogens is 3. The largest absolute Gasteiger partial charge is 0.573 e. The zero-order valence-electron chi connectivity index (χ0n) is 21.3. The molecular formula is C27H35F3N6O2. The van der Waals surface area contributed by atoms with Gasteiger partial charge in [-0.2, -0.15) is 10.2 Å². The van der Waals surface area contributed by atoms with Crippen LogP contribution in [0.25, 0.3) is 0 Å². The number of benzene rings is 1. The molecule has 4 N–H and O–H groups in total. The van der Waals surface area contributed by atoms with Crippen LogP contribution in [0.4, 0.5) is 24.9 Å². The zero-order chi connectivity index (χ0) is 27.0. The highest BCUT2D eigenvalue weighted by Crippen LogP contribution is 2.29. The number of nitrogens with zero attached hydrogens (tertiary/aromatic N) is 3. The van der Waals surface area contributed by atoms with Crippen molar-refractivity contribution in [2.75, 3.05) is 23.8 Å². The number of anilines is 2. The molecule has 1 aromatic carbocycles. The summed E-state index contributed by atoms with van der Waals surface area (Å²) in [4.78, 5) is 8.53. The molecular weight excluding hydrogens is 497 g/mol. The van der Waals surface area contributed by atoms with Gasteiger partial charge in [-0.3, -0.25) is 0 Å². The first-order chi connectivity index (χ1) is 18.3. The molecule has 1 heterocycles. The van der Waals surface area contributed by atoms with Gasteiger partial charge in [0.1, 0.15) is 23.2 Å². The molecule has 1 aromatic heterocycles. The van der Waals surface area contributed by atoms with Gasteiger partial charge in [0.25, 0.3) is 0 Å². The topological polar surface area (TPSA) is 115 Å². The van der Waals surface area contributed by atoms with E-state index in [0.717, 1.165) is 51.4 Å². The van der Waals surface area contributed by atoms with Crippen LogP contribution < -0.4 is 20.7 Å². The maximum absolute atomic E-state index is 12.7. The number of nitrogens with one attached hydrogen (secondary N) is 3. The molecule has 38 heavy (non-hydrogen) atoms. The van der Waals surface area contributed by atoms with Crippen molar-refractivity contribution in [3.8, 4) is 11.8 Å². The molecule has 2 aromatic rings. The number of hydrogen-bond donors (Lipinski definition) is 4. The Bertz CT molecular complexity index is 1080. The van der Waals surface area contributed by atoms with E-state index in [0.29, 0.717) is 54.0 Å². The van der Waals surface area contributed by atoms with Crippen LogP contribution in [-0.2, 0) is 6.54 Å². The molecule has 2 aliphatic carbocycles. The molecule has 0 atom stereocenters. The van der Waals surface area contributed by atoms with Gasteiger partial charge in [-0.15, -0.1) is 13.2 Å². The van der Waals surface area contributed by atoms with Crippen molar-refractivity contribution in [2.45, 2.75) is 76.4 Å². The van der Waals surface area contributed by atoms with E-state index in [1.165, 1.54) is 24.4 Å². The second-order valence-electron chi connectivity index (χ2n) is 10.2. The molecule has 2 aliphatic rings. The van der Waals surface area contributed by atoms with E-state index >= 15 is 0 Å². The summed E-state index contributed by atoms with van der Waals surface area (Å²) in [6.07, 6.45) is 5.44. The quantitative estimate of drug-likeness (QED) is 0.339. The Kier molecular flexibility index (Phi) is 9.63. The minimum absolute atomic E-state index is 0.0241. The minimum atomic E-state index is -4.78.